The molecule has 0 radical (unpaired) electrons. The van der Waals surface area contributed by atoms with Crippen LogP contribution in [-0.2, 0) is 15.1 Å². The molecule has 2 fully saturated rings. The lowest BCUT2D eigenvalue weighted by atomic mass is 9.70. The molecule has 7 heteroatoms. The Morgan fingerprint density at radius 1 is 1.33 bits per heavy atom. The molecule has 1 atom stereocenters. The summed E-state index contributed by atoms with van der Waals surface area (Å²) in [7, 11) is 0. The van der Waals surface area contributed by atoms with E-state index in [1.165, 1.54) is 6.07 Å². The zero-order valence-corrected chi connectivity index (χ0v) is 13.6. The number of amides is 1. The summed E-state index contributed by atoms with van der Waals surface area (Å²) >= 11 is 0. The number of piperidine rings is 1. The van der Waals surface area contributed by atoms with E-state index in [9.17, 15) is 14.7 Å². The quantitative estimate of drug-likeness (QED) is 0.807. The Bertz CT molecular complexity index is 916. The highest BCUT2D eigenvalue weighted by Crippen LogP contribution is 2.42. The van der Waals surface area contributed by atoms with E-state index < -0.39 is 11.1 Å². The first kappa shape index (κ1) is 15.1. The average molecular weight is 329 g/mol. The standard InChI is InChI=1S/C17H19N3O4/c1-10-18-11-4-3-5-12(21)14(11)15(23)20(10)16(2)7-6-13(22)19-17(16)8-24-9-17/h3-5,21H,6-9H2,1-2H3,(H,19,22). The molecule has 1 spiro atoms. The highest BCUT2D eigenvalue weighted by molar-refractivity contribution is 5.84. The molecule has 126 valence electrons. The van der Waals surface area contributed by atoms with Gasteiger partial charge in [-0.1, -0.05) is 6.07 Å². The molecule has 1 amide bonds. The van der Waals surface area contributed by atoms with Gasteiger partial charge in [0.15, 0.2) is 0 Å². The fourth-order valence-corrected chi connectivity index (χ4v) is 3.98. The number of hydrogen-bond donors (Lipinski definition) is 2. The number of fused-ring (bicyclic) bond motifs is 1. The van der Waals surface area contributed by atoms with Gasteiger partial charge in [-0.15, -0.1) is 0 Å². The summed E-state index contributed by atoms with van der Waals surface area (Å²) in [5.74, 6) is 0.446. The molecule has 0 saturated carbocycles. The van der Waals surface area contributed by atoms with Crippen LogP contribution in [0.1, 0.15) is 25.6 Å². The number of carbonyl (C=O) groups excluding carboxylic acids is 1. The lowest BCUT2D eigenvalue weighted by Gasteiger charge is -2.57. The summed E-state index contributed by atoms with van der Waals surface area (Å²) in [6, 6.07) is 4.86. The van der Waals surface area contributed by atoms with Crippen molar-refractivity contribution in [1.82, 2.24) is 14.9 Å². The second-order valence-corrected chi connectivity index (χ2v) is 6.87. The molecule has 7 nitrogen and oxygen atoms in total. The van der Waals surface area contributed by atoms with Gasteiger partial charge in [-0.05, 0) is 32.4 Å². The smallest absolute Gasteiger partial charge is 0.265 e. The first-order valence-corrected chi connectivity index (χ1v) is 7.99. The van der Waals surface area contributed by atoms with Gasteiger partial charge in [-0.3, -0.25) is 14.2 Å². The van der Waals surface area contributed by atoms with Crippen molar-refractivity contribution < 1.29 is 14.6 Å². The Hall–Kier alpha value is -2.41. The fourth-order valence-electron chi connectivity index (χ4n) is 3.98. The fraction of sp³-hybridized carbons (Fsp3) is 0.471. The van der Waals surface area contributed by atoms with Crippen LogP contribution in [0, 0.1) is 6.92 Å². The maximum atomic E-state index is 13.2. The summed E-state index contributed by atoms with van der Waals surface area (Å²) in [6.07, 6.45) is 0.854. The minimum atomic E-state index is -0.663. The van der Waals surface area contributed by atoms with E-state index in [0.29, 0.717) is 37.4 Å². The number of nitrogens with one attached hydrogen (secondary N) is 1. The van der Waals surface area contributed by atoms with Gasteiger partial charge in [0.25, 0.3) is 5.56 Å². The Labute approximate surface area is 138 Å². The van der Waals surface area contributed by atoms with Crippen molar-refractivity contribution in [2.24, 2.45) is 0 Å². The van der Waals surface area contributed by atoms with Crippen LogP contribution in [-0.4, -0.2) is 39.3 Å². The molecular formula is C17H19N3O4. The largest absolute Gasteiger partial charge is 0.507 e. The normalized spacial score (nSPS) is 25.5. The second kappa shape index (κ2) is 4.80. The van der Waals surface area contributed by atoms with Crippen molar-refractivity contribution in [3.8, 4) is 5.75 Å². The molecule has 1 unspecified atom stereocenters. The summed E-state index contributed by atoms with van der Waals surface area (Å²) < 4.78 is 6.99. The van der Waals surface area contributed by atoms with Crippen molar-refractivity contribution in [2.45, 2.75) is 37.8 Å². The molecular weight excluding hydrogens is 310 g/mol. The van der Waals surface area contributed by atoms with Gasteiger partial charge >= 0.3 is 0 Å². The Morgan fingerprint density at radius 3 is 2.75 bits per heavy atom. The number of aromatic hydroxyl groups is 1. The molecule has 2 aromatic rings. The van der Waals surface area contributed by atoms with Crippen molar-refractivity contribution in [3.05, 3.63) is 34.4 Å². The SMILES string of the molecule is Cc1nc2cccc(O)c2c(=O)n1C1(C)CCC(=O)NC12COC2. The van der Waals surface area contributed by atoms with Crippen molar-refractivity contribution in [1.29, 1.82) is 0 Å². The van der Waals surface area contributed by atoms with Crippen LogP contribution in [0.2, 0.25) is 0 Å². The molecule has 0 aliphatic carbocycles. The zero-order valence-electron chi connectivity index (χ0n) is 13.6. The van der Waals surface area contributed by atoms with E-state index in [4.69, 9.17) is 4.74 Å². The van der Waals surface area contributed by atoms with E-state index in [0.717, 1.165) is 0 Å². The molecule has 3 heterocycles. The lowest BCUT2D eigenvalue weighted by molar-refractivity contribution is -0.163. The minimum Gasteiger partial charge on any atom is -0.507 e. The second-order valence-electron chi connectivity index (χ2n) is 6.87. The molecule has 2 aliphatic rings. The number of aryl methyl sites for hydroxylation is 1. The van der Waals surface area contributed by atoms with E-state index in [2.05, 4.69) is 10.3 Å². The highest BCUT2D eigenvalue weighted by Gasteiger charge is 2.58. The number of phenolic OH excluding ortho intramolecular Hbond substituents is 1. The lowest BCUT2D eigenvalue weighted by Crippen LogP contribution is -2.77. The Kier molecular flexibility index (Phi) is 3.02. The third-order valence-electron chi connectivity index (χ3n) is 5.48. The van der Waals surface area contributed by atoms with E-state index >= 15 is 0 Å². The first-order chi connectivity index (χ1) is 11.4. The molecule has 1 aromatic heterocycles. The number of ether oxygens (including phenoxy) is 1. The van der Waals surface area contributed by atoms with Crippen LogP contribution in [0.25, 0.3) is 10.9 Å². The van der Waals surface area contributed by atoms with Crippen LogP contribution >= 0.6 is 0 Å². The highest BCUT2D eigenvalue weighted by atomic mass is 16.5. The van der Waals surface area contributed by atoms with Gasteiger partial charge in [-0.2, -0.15) is 0 Å². The van der Waals surface area contributed by atoms with Crippen LogP contribution in [0.4, 0.5) is 0 Å². The zero-order chi connectivity index (χ0) is 17.1. The van der Waals surface area contributed by atoms with Gasteiger partial charge in [-0.25, -0.2) is 4.98 Å². The number of carbonyl (C=O) groups is 1. The van der Waals surface area contributed by atoms with E-state index in [-0.39, 0.29) is 22.6 Å². The number of nitrogens with zero attached hydrogens (tertiary/aromatic N) is 2. The predicted octanol–water partition coefficient (Wildman–Crippen LogP) is 0.805. The van der Waals surface area contributed by atoms with E-state index in [1.54, 1.807) is 23.6 Å². The topological polar surface area (TPSA) is 93.5 Å². The minimum absolute atomic E-state index is 0.0296. The summed E-state index contributed by atoms with van der Waals surface area (Å²) in [6.45, 7) is 4.45. The number of aromatic nitrogens is 2. The van der Waals surface area contributed by atoms with Crippen molar-refractivity contribution >= 4 is 16.8 Å². The average Bonchev–Trinajstić information content (AvgIpc) is 2.48. The molecule has 24 heavy (non-hydrogen) atoms. The van der Waals surface area contributed by atoms with Crippen LogP contribution in [0.5, 0.6) is 5.75 Å². The molecule has 2 N–H and O–H groups in total. The molecule has 4 rings (SSSR count). The monoisotopic (exact) mass is 329 g/mol. The van der Waals surface area contributed by atoms with Crippen LogP contribution < -0.4 is 10.9 Å². The van der Waals surface area contributed by atoms with Gasteiger partial charge in [0.1, 0.15) is 22.5 Å². The maximum Gasteiger partial charge on any atom is 0.265 e. The van der Waals surface area contributed by atoms with Gasteiger partial charge < -0.3 is 15.2 Å². The van der Waals surface area contributed by atoms with Gasteiger partial charge in [0, 0.05) is 6.42 Å². The number of rotatable bonds is 1. The molecule has 2 saturated heterocycles. The maximum absolute atomic E-state index is 13.2. The third kappa shape index (κ3) is 1.78. The summed E-state index contributed by atoms with van der Waals surface area (Å²) in [4.78, 5) is 29.6. The first-order valence-electron chi connectivity index (χ1n) is 7.99. The summed E-state index contributed by atoms with van der Waals surface area (Å²) in [5, 5.41) is 13.4. The van der Waals surface area contributed by atoms with E-state index in [1.807, 2.05) is 6.92 Å². The molecule has 2 aliphatic heterocycles. The Balaban J connectivity index is 2.00. The molecule has 1 aromatic carbocycles. The number of phenols is 1. The van der Waals surface area contributed by atoms with Gasteiger partial charge in [0.05, 0.1) is 24.3 Å². The number of hydrogen-bond acceptors (Lipinski definition) is 5. The van der Waals surface area contributed by atoms with Gasteiger partial charge in [0.2, 0.25) is 5.91 Å². The van der Waals surface area contributed by atoms with Crippen LogP contribution in [0.15, 0.2) is 23.0 Å². The van der Waals surface area contributed by atoms with Crippen molar-refractivity contribution in [2.75, 3.05) is 13.2 Å². The van der Waals surface area contributed by atoms with Crippen LogP contribution in [0.3, 0.4) is 0 Å². The summed E-state index contributed by atoms with van der Waals surface area (Å²) in [5.41, 5.74) is -1.10. The Morgan fingerprint density at radius 2 is 2.08 bits per heavy atom. The molecule has 0 bridgehead atoms. The third-order valence-corrected chi connectivity index (χ3v) is 5.48. The predicted molar refractivity (Wildman–Crippen MR) is 87.0 cm³/mol. The van der Waals surface area contributed by atoms with Crippen molar-refractivity contribution in [3.63, 3.8) is 0 Å². The number of benzene rings is 1.